The topological polar surface area (TPSA) is 109 Å². The van der Waals surface area contributed by atoms with Crippen LogP contribution in [0.15, 0.2) is 59.1 Å². The number of aromatic nitrogens is 2. The maximum atomic E-state index is 12.8. The number of hydrogen-bond donors (Lipinski definition) is 2. The van der Waals surface area contributed by atoms with Gasteiger partial charge in [0.1, 0.15) is 18.1 Å². The number of nitrogens with zero attached hydrogens (tertiary/aromatic N) is 3. The molecule has 8 nitrogen and oxygen atoms in total. The largest absolute Gasteiger partial charge is 0.480 e. The summed E-state index contributed by atoms with van der Waals surface area (Å²) in [6.45, 7) is 1.04. The second-order valence-electron chi connectivity index (χ2n) is 5.40. The molecular weight excluding hydrogens is 336 g/mol. The number of carboxylic acid groups (broad SMARTS) is 1. The van der Waals surface area contributed by atoms with E-state index >= 15 is 0 Å². The van der Waals surface area contributed by atoms with Crippen LogP contribution >= 0.6 is 0 Å². The number of anilines is 1. The molecule has 2 heterocycles. The molecule has 8 heteroatoms. The number of rotatable bonds is 6. The highest BCUT2D eigenvalue weighted by Crippen LogP contribution is 2.22. The van der Waals surface area contributed by atoms with Crippen LogP contribution in [-0.4, -0.2) is 38.5 Å². The molecule has 3 aromatic rings. The van der Waals surface area contributed by atoms with E-state index in [0.717, 1.165) is 10.6 Å². The van der Waals surface area contributed by atoms with E-state index < -0.39 is 18.4 Å². The number of aliphatic carboxylic acids is 1. The predicted octanol–water partition coefficient (Wildman–Crippen LogP) is 2.60. The van der Waals surface area contributed by atoms with Gasteiger partial charge in [0.15, 0.2) is 5.69 Å². The number of aryl methyl sites for hydroxylation is 1. The van der Waals surface area contributed by atoms with Crippen molar-refractivity contribution in [2.75, 3.05) is 12.0 Å². The van der Waals surface area contributed by atoms with E-state index in [1.54, 1.807) is 37.3 Å². The maximum Gasteiger partial charge on any atom is 0.325 e. The molecular formula is C18H16N4O4. The van der Waals surface area contributed by atoms with Gasteiger partial charge in [-0.3, -0.25) is 15.0 Å². The van der Waals surface area contributed by atoms with Crippen molar-refractivity contribution in [3.63, 3.8) is 0 Å². The third-order valence-corrected chi connectivity index (χ3v) is 3.47. The van der Waals surface area contributed by atoms with Crippen LogP contribution in [0, 0.1) is 6.92 Å². The van der Waals surface area contributed by atoms with Gasteiger partial charge in [-0.2, -0.15) is 0 Å². The number of benzene rings is 1. The number of carboxylic acids is 1. The number of hydrazine groups is 1. The fraction of sp³-hybridized carbons (Fsp3) is 0.111. The Balaban J connectivity index is 1.89. The highest BCUT2D eigenvalue weighted by atomic mass is 16.4. The number of hydrogen-bond acceptors (Lipinski definition) is 6. The van der Waals surface area contributed by atoms with Gasteiger partial charge in [0.2, 0.25) is 5.89 Å². The van der Waals surface area contributed by atoms with Gasteiger partial charge in [-0.05, 0) is 31.2 Å². The predicted molar refractivity (Wildman–Crippen MR) is 93.2 cm³/mol. The molecule has 2 N–H and O–H groups in total. The van der Waals surface area contributed by atoms with Crippen molar-refractivity contribution in [2.24, 2.45) is 0 Å². The minimum Gasteiger partial charge on any atom is -0.480 e. The zero-order valence-electron chi connectivity index (χ0n) is 13.9. The van der Waals surface area contributed by atoms with Crippen LogP contribution in [0.3, 0.4) is 0 Å². The lowest BCUT2D eigenvalue weighted by molar-refractivity contribution is -0.137. The average Bonchev–Trinajstić information content (AvgIpc) is 3.03. The SMILES string of the molecule is Cc1oc(-c2ccccc2)nc1C(=O)N(CC(=O)O)Nc1ccccn1. The van der Waals surface area contributed by atoms with Crippen LogP contribution in [0.25, 0.3) is 11.5 Å². The van der Waals surface area contributed by atoms with E-state index in [2.05, 4.69) is 15.4 Å². The Bertz CT molecular complexity index is 909. The Morgan fingerprint density at radius 2 is 1.88 bits per heavy atom. The van der Waals surface area contributed by atoms with Crippen molar-refractivity contribution in [3.8, 4) is 11.5 Å². The van der Waals surface area contributed by atoms with E-state index in [4.69, 9.17) is 9.52 Å². The summed E-state index contributed by atoms with van der Waals surface area (Å²) in [5.41, 5.74) is 3.45. The van der Waals surface area contributed by atoms with Crippen molar-refractivity contribution in [1.82, 2.24) is 15.0 Å². The number of amides is 1. The highest BCUT2D eigenvalue weighted by Gasteiger charge is 2.25. The van der Waals surface area contributed by atoms with Crippen LogP contribution < -0.4 is 5.43 Å². The molecule has 0 saturated carbocycles. The Morgan fingerprint density at radius 1 is 1.15 bits per heavy atom. The lowest BCUT2D eigenvalue weighted by Gasteiger charge is -2.21. The third kappa shape index (κ3) is 3.86. The zero-order valence-corrected chi connectivity index (χ0v) is 13.9. The fourth-order valence-corrected chi connectivity index (χ4v) is 2.29. The lowest BCUT2D eigenvalue weighted by Crippen LogP contribution is -2.40. The molecule has 2 aromatic heterocycles. The van der Waals surface area contributed by atoms with E-state index in [1.165, 1.54) is 6.20 Å². The first-order chi connectivity index (χ1) is 12.5. The van der Waals surface area contributed by atoms with Crippen molar-refractivity contribution in [2.45, 2.75) is 6.92 Å². The normalized spacial score (nSPS) is 10.3. The molecule has 0 aliphatic rings. The van der Waals surface area contributed by atoms with E-state index in [1.807, 2.05) is 18.2 Å². The molecule has 0 saturated heterocycles. The number of nitrogens with one attached hydrogen (secondary N) is 1. The van der Waals surface area contributed by atoms with E-state index in [0.29, 0.717) is 17.5 Å². The molecule has 0 unspecified atom stereocenters. The molecule has 0 atom stereocenters. The van der Waals surface area contributed by atoms with Crippen LogP contribution in [0.1, 0.15) is 16.2 Å². The first-order valence-corrected chi connectivity index (χ1v) is 7.79. The minimum absolute atomic E-state index is 0.0357. The molecule has 132 valence electrons. The first kappa shape index (κ1) is 17.2. The quantitative estimate of drug-likeness (QED) is 0.656. The number of carbonyl (C=O) groups excluding carboxylic acids is 1. The van der Waals surface area contributed by atoms with Gasteiger partial charge in [-0.25, -0.2) is 15.0 Å². The molecule has 0 radical (unpaired) electrons. The van der Waals surface area contributed by atoms with Crippen molar-refractivity contribution in [1.29, 1.82) is 0 Å². The maximum absolute atomic E-state index is 12.8. The summed E-state index contributed by atoms with van der Waals surface area (Å²) in [4.78, 5) is 32.2. The van der Waals surface area contributed by atoms with E-state index in [-0.39, 0.29) is 5.69 Å². The molecule has 0 spiro atoms. The molecule has 0 bridgehead atoms. The molecule has 0 aliphatic carbocycles. The number of pyridine rings is 1. The van der Waals surface area contributed by atoms with Crippen molar-refractivity contribution < 1.29 is 19.1 Å². The standard InChI is InChI=1S/C18H16N4O4/c1-12-16(20-17(26-12)13-7-3-2-4-8-13)18(25)22(11-15(23)24)21-14-9-5-6-10-19-14/h2-10H,11H2,1H3,(H,19,21)(H,23,24). The zero-order chi connectivity index (χ0) is 18.5. The van der Waals surface area contributed by atoms with Crippen LogP contribution in [-0.2, 0) is 4.79 Å². The second kappa shape index (κ2) is 7.47. The summed E-state index contributed by atoms with van der Waals surface area (Å²) in [6.07, 6.45) is 1.53. The number of carbonyl (C=O) groups is 2. The molecule has 26 heavy (non-hydrogen) atoms. The van der Waals surface area contributed by atoms with E-state index in [9.17, 15) is 9.59 Å². The van der Waals surface area contributed by atoms with Gasteiger partial charge in [0.25, 0.3) is 5.91 Å². The van der Waals surface area contributed by atoms with Gasteiger partial charge in [-0.15, -0.1) is 0 Å². The lowest BCUT2D eigenvalue weighted by atomic mass is 10.2. The van der Waals surface area contributed by atoms with Gasteiger partial charge in [-0.1, -0.05) is 24.3 Å². The average molecular weight is 352 g/mol. The Kier molecular flexibility index (Phi) is 4.93. The third-order valence-electron chi connectivity index (χ3n) is 3.47. The van der Waals surface area contributed by atoms with Crippen LogP contribution in [0.5, 0.6) is 0 Å². The Hall–Kier alpha value is -3.68. The molecule has 1 aromatic carbocycles. The summed E-state index contributed by atoms with van der Waals surface area (Å²) in [5, 5.41) is 10.0. The van der Waals surface area contributed by atoms with Gasteiger partial charge in [0.05, 0.1) is 0 Å². The van der Waals surface area contributed by atoms with Crippen molar-refractivity contribution >= 4 is 17.7 Å². The van der Waals surface area contributed by atoms with Gasteiger partial charge in [0, 0.05) is 11.8 Å². The summed E-state index contributed by atoms with van der Waals surface area (Å²) in [6, 6.07) is 14.2. The monoisotopic (exact) mass is 352 g/mol. The van der Waals surface area contributed by atoms with Gasteiger partial charge < -0.3 is 9.52 Å². The molecule has 0 fully saturated rings. The Morgan fingerprint density at radius 3 is 2.54 bits per heavy atom. The van der Waals surface area contributed by atoms with Gasteiger partial charge >= 0.3 is 5.97 Å². The summed E-state index contributed by atoms with van der Waals surface area (Å²) in [7, 11) is 0. The molecule has 1 amide bonds. The summed E-state index contributed by atoms with van der Waals surface area (Å²) >= 11 is 0. The first-order valence-electron chi connectivity index (χ1n) is 7.79. The molecule has 3 rings (SSSR count). The Labute approximate surface area is 149 Å². The fourth-order valence-electron chi connectivity index (χ4n) is 2.29. The second-order valence-corrected chi connectivity index (χ2v) is 5.40. The number of oxazole rings is 1. The molecule has 0 aliphatic heterocycles. The highest BCUT2D eigenvalue weighted by molar-refractivity contribution is 5.96. The van der Waals surface area contributed by atoms with Crippen LogP contribution in [0.2, 0.25) is 0 Å². The summed E-state index contributed by atoms with van der Waals surface area (Å²) in [5.74, 6) is -0.870. The summed E-state index contributed by atoms with van der Waals surface area (Å²) < 4.78 is 5.58. The van der Waals surface area contributed by atoms with Crippen molar-refractivity contribution in [3.05, 3.63) is 66.2 Å². The smallest absolute Gasteiger partial charge is 0.325 e. The van der Waals surface area contributed by atoms with Crippen LogP contribution in [0.4, 0.5) is 5.82 Å². The minimum atomic E-state index is -1.17.